The van der Waals surface area contributed by atoms with Gasteiger partial charge in [0.2, 0.25) is 0 Å². The molecule has 1 amide bonds. The zero-order valence-corrected chi connectivity index (χ0v) is 12.1. The van der Waals surface area contributed by atoms with Gasteiger partial charge in [-0.05, 0) is 34.6 Å². The minimum atomic E-state index is -0.871. The molecule has 1 aliphatic heterocycles. The van der Waals surface area contributed by atoms with Gasteiger partial charge in [-0.1, -0.05) is 0 Å². The zero-order chi connectivity index (χ0) is 14.8. The topological polar surface area (TPSA) is 72.9 Å². The number of carbonyl (C=O) groups is 3. The Labute approximate surface area is 113 Å². The van der Waals surface area contributed by atoms with Gasteiger partial charge in [-0.15, -0.1) is 0 Å². The first-order valence-corrected chi connectivity index (χ1v) is 6.32. The third-order valence-electron chi connectivity index (χ3n) is 2.40. The number of amides is 1. The van der Waals surface area contributed by atoms with Gasteiger partial charge in [-0.3, -0.25) is 9.69 Å². The van der Waals surface area contributed by atoms with E-state index in [1.165, 1.54) is 0 Å². The standard InChI is InChI=1S/C13H21NO5/c1-8(2)18-11(16)10-6-9(15)7-14(10)12(17)19-13(3,4)5/h8,10H,6-7H2,1-5H3/t10-/m0/s1. The van der Waals surface area contributed by atoms with E-state index in [-0.39, 0.29) is 24.9 Å². The molecular formula is C13H21NO5. The summed E-state index contributed by atoms with van der Waals surface area (Å²) in [4.78, 5) is 36.4. The summed E-state index contributed by atoms with van der Waals surface area (Å²) in [5.74, 6) is -0.733. The van der Waals surface area contributed by atoms with Crippen LogP contribution in [0.5, 0.6) is 0 Å². The van der Waals surface area contributed by atoms with Crippen LogP contribution in [-0.2, 0) is 19.1 Å². The van der Waals surface area contributed by atoms with Crippen molar-refractivity contribution in [2.24, 2.45) is 0 Å². The second kappa shape index (κ2) is 5.59. The highest BCUT2D eigenvalue weighted by molar-refractivity contribution is 5.95. The second-order valence-corrected chi connectivity index (χ2v) is 5.85. The molecular weight excluding hydrogens is 250 g/mol. The van der Waals surface area contributed by atoms with Crippen molar-refractivity contribution < 1.29 is 23.9 Å². The number of ketones is 1. The third-order valence-corrected chi connectivity index (χ3v) is 2.40. The van der Waals surface area contributed by atoms with Crippen molar-refractivity contribution in [3.05, 3.63) is 0 Å². The lowest BCUT2D eigenvalue weighted by Crippen LogP contribution is -2.44. The van der Waals surface area contributed by atoms with Gasteiger partial charge in [0.15, 0.2) is 5.78 Å². The number of rotatable bonds is 2. The van der Waals surface area contributed by atoms with Gasteiger partial charge < -0.3 is 9.47 Å². The largest absolute Gasteiger partial charge is 0.461 e. The molecule has 1 atom stereocenters. The van der Waals surface area contributed by atoms with Crippen molar-refractivity contribution in [1.82, 2.24) is 4.90 Å². The van der Waals surface area contributed by atoms with Crippen LogP contribution < -0.4 is 0 Å². The quantitative estimate of drug-likeness (QED) is 0.712. The lowest BCUT2D eigenvalue weighted by molar-refractivity contribution is -0.152. The molecule has 0 saturated carbocycles. The summed E-state index contributed by atoms with van der Waals surface area (Å²) in [6.45, 7) is 8.50. The van der Waals surface area contributed by atoms with E-state index < -0.39 is 23.7 Å². The Hall–Kier alpha value is -1.59. The lowest BCUT2D eigenvalue weighted by Gasteiger charge is -2.27. The van der Waals surface area contributed by atoms with Crippen LogP contribution in [0.3, 0.4) is 0 Å². The normalized spacial score (nSPS) is 19.8. The number of esters is 1. The summed E-state index contributed by atoms with van der Waals surface area (Å²) in [7, 11) is 0. The van der Waals surface area contributed by atoms with E-state index in [1.54, 1.807) is 34.6 Å². The highest BCUT2D eigenvalue weighted by Crippen LogP contribution is 2.20. The molecule has 1 heterocycles. The van der Waals surface area contributed by atoms with Gasteiger partial charge in [0.05, 0.1) is 12.6 Å². The number of ether oxygens (including phenoxy) is 2. The first kappa shape index (κ1) is 15.5. The van der Waals surface area contributed by atoms with Crippen molar-refractivity contribution >= 4 is 17.8 Å². The van der Waals surface area contributed by atoms with Crippen LogP contribution in [0.1, 0.15) is 41.0 Å². The minimum Gasteiger partial charge on any atom is -0.461 e. The molecule has 108 valence electrons. The Balaban J connectivity index is 2.77. The Morgan fingerprint density at radius 2 is 1.89 bits per heavy atom. The van der Waals surface area contributed by atoms with Gasteiger partial charge >= 0.3 is 12.1 Å². The Bertz CT molecular complexity index is 383. The van der Waals surface area contributed by atoms with E-state index in [4.69, 9.17) is 9.47 Å². The number of Topliss-reactive ketones (excluding diaryl/α,β-unsaturated/α-hetero) is 1. The van der Waals surface area contributed by atoms with Crippen LogP contribution in [0.2, 0.25) is 0 Å². The molecule has 6 nitrogen and oxygen atoms in total. The molecule has 6 heteroatoms. The molecule has 0 bridgehead atoms. The third kappa shape index (κ3) is 4.54. The van der Waals surface area contributed by atoms with Crippen LogP contribution >= 0.6 is 0 Å². The first-order valence-electron chi connectivity index (χ1n) is 6.32. The molecule has 1 aliphatic rings. The van der Waals surface area contributed by atoms with E-state index in [0.29, 0.717) is 0 Å². The smallest absolute Gasteiger partial charge is 0.411 e. The van der Waals surface area contributed by atoms with Crippen LogP contribution in [0.15, 0.2) is 0 Å². The highest BCUT2D eigenvalue weighted by Gasteiger charge is 2.41. The minimum absolute atomic E-state index is 0.00913. The fourth-order valence-corrected chi connectivity index (χ4v) is 1.72. The molecule has 19 heavy (non-hydrogen) atoms. The van der Waals surface area contributed by atoms with Gasteiger partial charge in [0.1, 0.15) is 11.6 Å². The van der Waals surface area contributed by atoms with Crippen LogP contribution in [0, 0.1) is 0 Å². The average Bonchev–Trinajstić information content (AvgIpc) is 2.56. The Morgan fingerprint density at radius 3 is 2.37 bits per heavy atom. The van der Waals surface area contributed by atoms with Gasteiger partial charge in [0.25, 0.3) is 0 Å². The van der Waals surface area contributed by atoms with Crippen LogP contribution in [0.25, 0.3) is 0 Å². The molecule has 0 aromatic carbocycles. The molecule has 1 saturated heterocycles. The first-order chi connectivity index (χ1) is 8.60. The van der Waals surface area contributed by atoms with Crippen molar-refractivity contribution in [3.63, 3.8) is 0 Å². The van der Waals surface area contributed by atoms with E-state index in [1.807, 2.05) is 0 Å². The maximum Gasteiger partial charge on any atom is 0.411 e. The fraction of sp³-hybridized carbons (Fsp3) is 0.769. The molecule has 0 unspecified atom stereocenters. The number of hydrogen-bond donors (Lipinski definition) is 0. The van der Waals surface area contributed by atoms with Crippen molar-refractivity contribution in [2.45, 2.75) is 58.8 Å². The SMILES string of the molecule is CC(C)OC(=O)[C@@H]1CC(=O)CN1C(=O)OC(C)(C)C. The maximum atomic E-state index is 12.0. The van der Waals surface area contributed by atoms with Gasteiger partial charge in [-0.25, -0.2) is 9.59 Å². The summed E-state index contributed by atoms with van der Waals surface area (Å²) in [6.07, 6.45) is -0.960. The zero-order valence-electron chi connectivity index (χ0n) is 12.1. The Kier molecular flexibility index (Phi) is 4.55. The van der Waals surface area contributed by atoms with Crippen LogP contribution in [-0.4, -0.2) is 47.0 Å². The average molecular weight is 271 g/mol. The summed E-state index contributed by atoms with van der Waals surface area (Å²) in [6, 6.07) is -0.871. The van der Waals surface area contributed by atoms with E-state index in [2.05, 4.69) is 0 Å². The fourth-order valence-electron chi connectivity index (χ4n) is 1.72. The molecule has 1 fully saturated rings. The summed E-state index contributed by atoms with van der Waals surface area (Å²) in [5, 5.41) is 0. The molecule has 0 spiro atoms. The van der Waals surface area contributed by atoms with E-state index >= 15 is 0 Å². The number of carbonyl (C=O) groups excluding carboxylic acids is 3. The number of nitrogens with zero attached hydrogens (tertiary/aromatic N) is 1. The van der Waals surface area contributed by atoms with Gasteiger partial charge in [-0.2, -0.15) is 0 Å². The van der Waals surface area contributed by atoms with Crippen molar-refractivity contribution in [3.8, 4) is 0 Å². The van der Waals surface area contributed by atoms with E-state index in [0.717, 1.165) is 4.90 Å². The molecule has 0 aromatic rings. The van der Waals surface area contributed by atoms with Gasteiger partial charge in [0, 0.05) is 6.42 Å². The summed E-state index contributed by atoms with van der Waals surface area (Å²) >= 11 is 0. The second-order valence-electron chi connectivity index (χ2n) is 5.85. The molecule has 1 rings (SSSR count). The van der Waals surface area contributed by atoms with Crippen molar-refractivity contribution in [2.75, 3.05) is 6.54 Å². The van der Waals surface area contributed by atoms with Crippen molar-refractivity contribution in [1.29, 1.82) is 0 Å². The number of hydrogen-bond acceptors (Lipinski definition) is 5. The number of likely N-dealkylation sites (tertiary alicyclic amines) is 1. The highest BCUT2D eigenvalue weighted by atomic mass is 16.6. The molecule has 0 aliphatic carbocycles. The summed E-state index contributed by atoms with van der Waals surface area (Å²) in [5.41, 5.74) is -0.671. The molecule has 0 aromatic heterocycles. The predicted molar refractivity (Wildman–Crippen MR) is 67.6 cm³/mol. The predicted octanol–water partition coefficient (Wildman–Crippen LogP) is 1.52. The molecule has 0 radical (unpaired) electrons. The van der Waals surface area contributed by atoms with E-state index in [9.17, 15) is 14.4 Å². The Morgan fingerprint density at radius 1 is 1.32 bits per heavy atom. The summed E-state index contributed by atoms with van der Waals surface area (Å²) < 4.78 is 10.2. The van der Waals surface area contributed by atoms with Crippen LogP contribution in [0.4, 0.5) is 4.79 Å². The molecule has 0 N–H and O–H groups in total. The maximum absolute atomic E-state index is 12.0. The monoisotopic (exact) mass is 271 g/mol. The lowest BCUT2D eigenvalue weighted by atomic mass is 10.2.